The van der Waals surface area contributed by atoms with Crippen LogP contribution in [-0.2, 0) is 0 Å². The third kappa shape index (κ3) is 1.33. The van der Waals surface area contributed by atoms with Crippen molar-refractivity contribution in [3.8, 4) is 12.1 Å². The Balaban J connectivity index is 2.57. The van der Waals surface area contributed by atoms with E-state index in [2.05, 4.69) is 9.97 Å². The van der Waals surface area contributed by atoms with Gasteiger partial charge < -0.3 is 4.42 Å². The molecule has 3 rings (SSSR count). The molecule has 3 aromatic rings. The second kappa shape index (κ2) is 3.58. The Morgan fingerprint density at radius 2 is 2.00 bits per heavy atom. The summed E-state index contributed by atoms with van der Waals surface area (Å²) in [7, 11) is 5.70. The summed E-state index contributed by atoms with van der Waals surface area (Å²) >= 11 is 0. The standard InChI is InChI=1S/C12H3BN4O/c13-6-1-2-9-7(3-6)11-12(18-9)8(4-14)16-10(5-15)17-11/h1-3H. The van der Waals surface area contributed by atoms with Crippen molar-refractivity contribution in [3.63, 3.8) is 0 Å². The van der Waals surface area contributed by atoms with Crippen LogP contribution in [0.2, 0.25) is 0 Å². The minimum atomic E-state index is -0.0656. The number of nitriles is 2. The first kappa shape index (κ1) is 10.3. The van der Waals surface area contributed by atoms with Crippen molar-refractivity contribution in [1.29, 1.82) is 10.5 Å². The molecule has 6 heteroatoms. The number of hydrogen-bond donors (Lipinski definition) is 0. The lowest BCUT2D eigenvalue weighted by atomic mass is 9.95. The van der Waals surface area contributed by atoms with Gasteiger partial charge in [-0.25, -0.2) is 9.97 Å². The Morgan fingerprint density at radius 3 is 2.72 bits per heavy atom. The van der Waals surface area contributed by atoms with Gasteiger partial charge in [-0.05, 0) is 6.07 Å². The monoisotopic (exact) mass is 230 g/mol. The molecule has 0 fully saturated rings. The van der Waals surface area contributed by atoms with Crippen molar-refractivity contribution in [1.82, 2.24) is 9.97 Å². The van der Waals surface area contributed by atoms with E-state index in [0.717, 1.165) is 0 Å². The fraction of sp³-hybridized carbons (Fsp3) is 0. The van der Waals surface area contributed by atoms with Gasteiger partial charge >= 0.3 is 0 Å². The van der Waals surface area contributed by atoms with Crippen molar-refractivity contribution in [3.05, 3.63) is 29.7 Å². The van der Waals surface area contributed by atoms with Gasteiger partial charge in [0.2, 0.25) is 5.82 Å². The van der Waals surface area contributed by atoms with Gasteiger partial charge in [0.05, 0.1) is 0 Å². The van der Waals surface area contributed by atoms with E-state index in [1.165, 1.54) is 0 Å². The maximum Gasteiger partial charge on any atom is 0.234 e. The van der Waals surface area contributed by atoms with E-state index in [1.807, 2.05) is 12.1 Å². The van der Waals surface area contributed by atoms with Crippen LogP contribution in [0, 0.1) is 22.7 Å². The van der Waals surface area contributed by atoms with E-state index >= 15 is 0 Å². The third-order valence-electron chi connectivity index (χ3n) is 2.54. The number of furan rings is 1. The average molecular weight is 230 g/mol. The van der Waals surface area contributed by atoms with Crippen LogP contribution in [0.25, 0.3) is 22.1 Å². The molecule has 2 radical (unpaired) electrons. The molecule has 0 saturated heterocycles. The second-order valence-electron chi connectivity index (χ2n) is 3.65. The van der Waals surface area contributed by atoms with Crippen molar-refractivity contribution < 1.29 is 4.42 Å². The molecule has 0 unspecified atom stereocenters. The highest BCUT2D eigenvalue weighted by Gasteiger charge is 2.15. The highest BCUT2D eigenvalue weighted by atomic mass is 16.3. The van der Waals surface area contributed by atoms with Crippen LogP contribution < -0.4 is 5.46 Å². The Morgan fingerprint density at radius 1 is 1.17 bits per heavy atom. The van der Waals surface area contributed by atoms with E-state index < -0.39 is 0 Å². The molecule has 5 nitrogen and oxygen atoms in total. The Labute approximate surface area is 103 Å². The van der Waals surface area contributed by atoms with Crippen LogP contribution in [0.4, 0.5) is 0 Å². The van der Waals surface area contributed by atoms with Gasteiger partial charge in [0.25, 0.3) is 0 Å². The van der Waals surface area contributed by atoms with Crippen molar-refractivity contribution in [2.75, 3.05) is 0 Å². The maximum absolute atomic E-state index is 9.00. The predicted molar refractivity (Wildman–Crippen MR) is 64.1 cm³/mol. The first-order valence-electron chi connectivity index (χ1n) is 5.03. The van der Waals surface area contributed by atoms with E-state index in [9.17, 15) is 0 Å². The van der Waals surface area contributed by atoms with Crippen LogP contribution in [0.3, 0.4) is 0 Å². The topological polar surface area (TPSA) is 86.5 Å². The lowest BCUT2D eigenvalue weighted by molar-refractivity contribution is 0.663. The van der Waals surface area contributed by atoms with Crippen LogP contribution in [-0.4, -0.2) is 17.8 Å². The Bertz CT molecular complexity index is 870. The molecule has 18 heavy (non-hydrogen) atoms. The van der Waals surface area contributed by atoms with Gasteiger partial charge in [0.15, 0.2) is 11.3 Å². The molecule has 0 amide bonds. The summed E-state index contributed by atoms with van der Waals surface area (Å²) in [6, 6.07) is 8.78. The minimum Gasteiger partial charge on any atom is -0.451 e. The summed E-state index contributed by atoms with van der Waals surface area (Å²) in [6.45, 7) is 0. The zero-order chi connectivity index (χ0) is 12.7. The molecule has 0 spiro atoms. The normalized spacial score (nSPS) is 10.3. The lowest BCUT2D eigenvalue weighted by Crippen LogP contribution is -1.99. The molecule has 0 saturated carbocycles. The summed E-state index contributed by atoms with van der Waals surface area (Å²) in [5.41, 5.74) is 1.87. The second-order valence-corrected chi connectivity index (χ2v) is 3.65. The molecule has 0 bridgehead atoms. The molecule has 0 atom stereocenters. The molecular weight excluding hydrogens is 227 g/mol. The molecule has 2 aromatic heterocycles. The van der Waals surface area contributed by atoms with E-state index in [1.54, 1.807) is 18.2 Å². The van der Waals surface area contributed by atoms with Gasteiger partial charge in [-0.3, -0.25) is 0 Å². The van der Waals surface area contributed by atoms with Crippen LogP contribution in [0.5, 0.6) is 0 Å². The quantitative estimate of drug-likeness (QED) is 0.535. The van der Waals surface area contributed by atoms with Gasteiger partial charge in [0.1, 0.15) is 31.1 Å². The first-order chi connectivity index (χ1) is 8.72. The van der Waals surface area contributed by atoms with Gasteiger partial charge in [-0.2, -0.15) is 10.5 Å². The van der Waals surface area contributed by atoms with Crippen LogP contribution in [0.1, 0.15) is 11.5 Å². The van der Waals surface area contributed by atoms with E-state index in [4.69, 9.17) is 22.8 Å². The molecular formula is C12H3BN4O. The Hall–Kier alpha value is -2.86. The van der Waals surface area contributed by atoms with E-state index in [0.29, 0.717) is 21.9 Å². The maximum atomic E-state index is 9.00. The number of hydrogen-bond acceptors (Lipinski definition) is 5. The predicted octanol–water partition coefficient (Wildman–Crippen LogP) is 0.913. The molecule has 80 valence electrons. The van der Waals surface area contributed by atoms with Crippen molar-refractivity contribution in [2.24, 2.45) is 0 Å². The molecule has 1 aromatic carbocycles. The average Bonchev–Trinajstić information content (AvgIpc) is 2.75. The number of nitrogens with zero attached hydrogens (tertiary/aromatic N) is 4. The first-order valence-corrected chi connectivity index (χ1v) is 5.03. The van der Waals surface area contributed by atoms with Crippen molar-refractivity contribution in [2.45, 2.75) is 0 Å². The van der Waals surface area contributed by atoms with E-state index in [-0.39, 0.29) is 17.1 Å². The summed E-state index contributed by atoms with van der Waals surface area (Å²) < 4.78 is 5.52. The zero-order valence-corrected chi connectivity index (χ0v) is 9.01. The summed E-state index contributed by atoms with van der Waals surface area (Å²) in [6.07, 6.45) is 0. The fourth-order valence-corrected chi connectivity index (χ4v) is 1.79. The van der Waals surface area contributed by atoms with Crippen LogP contribution >= 0.6 is 0 Å². The summed E-state index contributed by atoms with van der Waals surface area (Å²) in [5, 5.41) is 18.5. The molecule has 0 N–H and O–H groups in total. The summed E-state index contributed by atoms with van der Waals surface area (Å²) in [5.74, 6) is -0.0656. The Kier molecular flexibility index (Phi) is 2.05. The number of fused-ring (bicyclic) bond motifs is 3. The molecule has 0 aliphatic heterocycles. The molecule has 0 aliphatic carbocycles. The highest BCUT2D eigenvalue weighted by molar-refractivity contribution is 6.33. The number of aromatic nitrogens is 2. The SMILES string of the molecule is [B]c1ccc2oc3c(C#N)nc(C#N)nc3c2c1. The van der Waals surface area contributed by atoms with Gasteiger partial charge in [0, 0.05) is 5.39 Å². The highest BCUT2D eigenvalue weighted by Crippen LogP contribution is 2.27. The van der Waals surface area contributed by atoms with Crippen molar-refractivity contribution >= 4 is 35.4 Å². The number of benzene rings is 1. The largest absolute Gasteiger partial charge is 0.451 e. The molecule has 0 aliphatic rings. The zero-order valence-electron chi connectivity index (χ0n) is 9.01. The number of rotatable bonds is 0. The minimum absolute atomic E-state index is 0.0475. The van der Waals surface area contributed by atoms with Gasteiger partial charge in [-0.1, -0.05) is 17.6 Å². The lowest BCUT2D eigenvalue weighted by Gasteiger charge is -1.93. The van der Waals surface area contributed by atoms with Crippen LogP contribution in [0.15, 0.2) is 22.6 Å². The molecule has 2 heterocycles. The third-order valence-corrected chi connectivity index (χ3v) is 2.54. The van der Waals surface area contributed by atoms with Gasteiger partial charge in [-0.15, -0.1) is 0 Å². The fourth-order valence-electron chi connectivity index (χ4n) is 1.79. The summed E-state index contributed by atoms with van der Waals surface area (Å²) in [4.78, 5) is 7.86. The smallest absolute Gasteiger partial charge is 0.234 e.